The molecule has 0 unspecified atom stereocenters. The third kappa shape index (κ3) is 8.08. The van der Waals surface area contributed by atoms with Gasteiger partial charge >= 0.3 is 24.8 Å². The standard InChI is InChI=1S/C7H6BrClO.C7H7ClO.BHNS/c1-4-2-7(10)6(9)3-5(4)8;1-5-2-3-6(8)7(9)4-5;1-2-3/h2-3,10H,1H3;2-4,9H,1H3;3H. The van der Waals surface area contributed by atoms with E-state index in [1.807, 2.05) is 19.9 Å². The molecule has 0 aliphatic heterocycles. The maximum atomic E-state index is 9.07. The van der Waals surface area contributed by atoms with Gasteiger partial charge in [0.1, 0.15) is 11.5 Å². The first-order valence-electron chi connectivity index (χ1n) is 5.87. The van der Waals surface area contributed by atoms with E-state index in [0.717, 1.165) is 15.6 Å². The number of aryl methyl sites for hydroxylation is 2. The molecule has 8 heteroatoms. The van der Waals surface area contributed by atoms with Gasteiger partial charge in [0.25, 0.3) is 0 Å². The number of aromatic hydroxyl groups is 2. The molecule has 2 N–H and O–H groups in total. The molecule has 1 radical (unpaired) electrons. The summed E-state index contributed by atoms with van der Waals surface area (Å²) in [6.45, 7) is 3.79. The second kappa shape index (κ2) is 10.9. The van der Waals surface area contributed by atoms with Crippen molar-refractivity contribution < 1.29 is 10.2 Å². The summed E-state index contributed by atoms with van der Waals surface area (Å²) in [5, 5.41) is 18.8. The fraction of sp³-hybridized carbons (Fsp3) is 0.143. The molecule has 3 nitrogen and oxygen atoms in total. The molecule has 0 aromatic heterocycles. The van der Waals surface area contributed by atoms with Gasteiger partial charge in [0.15, 0.2) is 0 Å². The van der Waals surface area contributed by atoms with E-state index in [1.165, 1.54) is 0 Å². The topological polar surface area (TPSA) is 52.8 Å². The number of benzene rings is 2. The van der Waals surface area contributed by atoms with Crippen molar-refractivity contribution in [1.29, 1.82) is 0 Å². The average molecular weight is 422 g/mol. The van der Waals surface area contributed by atoms with Crippen LogP contribution in [0.1, 0.15) is 11.1 Å². The van der Waals surface area contributed by atoms with Crippen LogP contribution in [0.3, 0.4) is 0 Å². The van der Waals surface area contributed by atoms with Gasteiger partial charge in [0.05, 0.1) is 10.0 Å². The molecule has 0 bridgehead atoms. The monoisotopic (exact) mass is 420 g/mol. The Labute approximate surface area is 155 Å². The van der Waals surface area contributed by atoms with Crippen LogP contribution in [0.2, 0.25) is 10.0 Å². The number of nitrogens with zero attached hydrogens (tertiary/aromatic N) is 1. The zero-order valence-electron chi connectivity index (χ0n) is 11.9. The molecule has 0 heterocycles. The van der Waals surface area contributed by atoms with Crippen molar-refractivity contribution in [2.45, 2.75) is 13.8 Å². The van der Waals surface area contributed by atoms with E-state index >= 15 is 0 Å². The van der Waals surface area contributed by atoms with E-state index in [4.69, 9.17) is 33.4 Å². The van der Waals surface area contributed by atoms with Gasteiger partial charge in [-0.05, 0) is 49.2 Å². The van der Waals surface area contributed by atoms with E-state index in [1.54, 1.807) is 24.3 Å². The van der Waals surface area contributed by atoms with Crippen molar-refractivity contribution in [3.8, 4) is 11.5 Å². The number of rotatable bonds is 0. The fourth-order valence-electron chi connectivity index (χ4n) is 1.26. The van der Waals surface area contributed by atoms with Crippen LogP contribution in [-0.4, -0.2) is 17.9 Å². The Hall–Kier alpha value is -0.685. The van der Waals surface area contributed by atoms with Gasteiger partial charge in [-0.15, -0.1) is 0 Å². The average Bonchev–Trinajstić information content (AvgIpc) is 2.43. The summed E-state index contributed by atoms with van der Waals surface area (Å²) in [7, 11) is 4.34. The molecule has 22 heavy (non-hydrogen) atoms. The first kappa shape index (κ1) is 21.3. The number of hydrogen-bond acceptors (Lipinski definition) is 4. The molecule has 0 saturated heterocycles. The Balaban J connectivity index is 0.000000342. The Morgan fingerprint density at radius 3 is 1.95 bits per heavy atom. The summed E-state index contributed by atoms with van der Waals surface area (Å²) in [6.07, 6.45) is 0. The Kier molecular flexibility index (Phi) is 10.6. The summed E-state index contributed by atoms with van der Waals surface area (Å²) in [6, 6.07) is 8.44. The van der Waals surface area contributed by atoms with Gasteiger partial charge in [-0.3, -0.25) is 0 Å². The van der Waals surface area contributed by atoms with Crippen LogP contribution in [0, 0.1) is 13.8 Å². The number of phenols is 2. The van der Waals surface area contributed by atoms with Crippen LogP contribution in [0.25, 0.3) is 0 Å². The van der Waals surface area contributed by atoms with Crippen LogP contribution in [0.5, 0.6) is 11.5 Å². The van der Waals surface area contributed by atoms with E-state index in [0.29, 0.717) is 10.0 Å². The third-order valence-corrected chi connectivity index (χ3v) is 3.81. The quantitative estimate of drug-likeness (QED) is 0.380. The summed E-state index contributed by atoms with van der Waals surface area (Å²) in [5.41, 5.74) is 1.99. The third-order valence-electron chi connectivity index (χ3n) is 2.33. The molecule has 0 saturated carbocycles. The molecule has 2 rings (SSSR count). The second-order valence-electron chi connectivity index (χ2n) is 4.12. The molecule has 0 fully saturated rings. The van der Waals surface area contributed by atoms with Gasteiger partial charge in [0.2, 0.25) is 0 Å². The zero-order valence-corrected chi connectivity index (χ0v) is 15.9. The number of hydrogen-bond donors (Lipinski definition) is 3. The van der Waals surface area contributed by atoms with Crippen LogP contribution >= 0.6 is 51.9 Å². The molecular formula is C14H14BBrCl2NO2S. The van der Waals surface area contributed by atoms with Gasteiger partial charge in [-0.2, -0.15) is 0 Å². The summed E-state index contributed by atoms with van der Waals surface area (Å²) in [4.78, 5) is 0. The summed E-state index contributed by atoms with van der Waals surface area (Å²) < 4.78 is 3.61. The minimum absolute atomic E-state index is 0.127. The van der Waals surface area contributed by atoms with Crippen molar-refractivity contribution in [1.82, 2.24) is 0 Å². The van der Waals surface area contributed by atoms with Crippen LogP contribution < -0.4 is 0 Å². The molecule has 2 aromatic carbocycles. The molecule has 117 valence electrons. The molecule has 0 spiro atoms. The molecule has 0 aliphatic carbocycles. The predicted molar refractivity (Wildman–Crippen MR) is 101 cm³/mol. The van der Waals surface area contributed by atoms with E-state index in [9.17, 15) is 0 Å². The van der Waals surface area contributed by atoms with Crippen LogP contribution in [-0.2, 0) is 0 Å². The van der Waals surface area contributed by atoms with Crippen molar-refractivity contribution in [3.63, 3.8) is 0 Å². The Bertz CT molecular complexity index is 594. The van der Waals surface area contributed by atoms with Crippen molar-refractivity contribution >= 4 is 59.6 Å². The van der Waals surface area contributed by atoms with Gasteiger partial charge in [-0.25, -0.2) is 0 Å². The van der Waals surface area contributed by atoms with Gasteiger partial charge in [0, 0.05) is 4.47 Å². The van der Waals surface area contributed by atoms with Crippen molar-refractivity contribution in [2.75, 3.05) is 0 Å². The molecule has 2 aromatic rings. The number of thiol groups is 1. The van der Waals surface area contributed by atoms with E-state index in [-0.39, 0.29) is 11.5 Å². The summed E-state index contributed by atoms with van der Waals surface area (Å²) >= 11 is 17.6. The second-order valence-corrected chi connectivity index (χ2v) is 6.02. The first-order chi connectivity index (χ1) is 10.2. The van der Waals surface area contributed by atoms with E-state index < -0.39 is 0 Å². The van der Waals surface area contributed by atoms with Crippen molar-refractivity contribution in [2.24, 2.45) is 4.30 Å². The predicted octanol–water partition coefficient (Wildman–Crippen LogP) is 5.65. The molecule has 0 aliphatic rings. The Morgan fingerprint density at radius 2 is 1.55 bits per heavy atom. The first-order valence-corrected chi connectivity index (χ1v) is 7.81. The molecule has 0 amide bonds. The number of phenolic OH excluding ortho intramolecular Hbond substituents is 2. The van der Waals surface area contributed by atoms with E-state index in [2.05, 4.69) is 40.7 Å². The Morgan fingerprint density at radius 1 is 1.05 bits per heavy atom. The van der Waals surface area contributed by atoms with Crippen molar-refractivity contribution in [3.05, 3.63) is 56.0 Å². The zero-order chi connectivity index (χ0) is 17.3. The number of halogens is 3. The van der Waals surface area contributed by atoms with Gasteiger partial charge < -0.3 is 10.2 Å². The molecular weight excluding hydrogens is 408 g/mol. The SMILES string of the molecule is Cc1cc(O)c(Cl)cc1Br.Cc1ccc(Cl)c(O)c1.[B]=NS. The fourth-order valence-corrected chi connectivity index (χ4v) is 2.02. The summed E-state index contributed by atoms with van der Waals surface area (Å²) in [5.74, 6) is 0.277. The van der Waals surface area contributed by atoms with Crippen LogP contribution in [0.15, 0.2) is 39.1 Å². The maximum absolute atomic E-state index is 9.07. The minimum atomic E-state index is 0.127. The normalized spacial score (nSPS) is 8.95. The molecule has 0 atom stereocenters. The van der Waals surface area contributed by atoms with Crippen LogP contribution in [0.4, 0.5) is 0 Å². The van der Waals surface area contributed by atoms with Gasteiger partial charge in [-0.1, -0.05) is 45.2 Å².